The fraction of sp³-hybridized carbons (Fsp3) is 0.368. The van der Waals surface area contributed by atoms with Gasteiger partial charge in [-0.25, -0.2) is 8.78 Å². The molecule has 0 bridgehead atoms. The van der Waals surface area contributed by atoms with Gasteiger partial charge in [-0.3, -0.25) is 9.48 Å². The van der Waals surface area contributed by atoms with Crippen molar-refractivity contribution in [3.8, 4) is 17.3 Å². The van der Waals surface area contributed by atoms with Crippen molar-refractivity contribution in [3.05, 3.63) is 36.0 Å². The molecule has 2 aromatic heterocycles. The molecular formula is C19H22F2N6O2S. The molecule has 0 atom stereocenters. The number of benzene rings is 1. The lowest BCUT2D eigenvalue weighted by Gasteiger charge is -2.08. The zero-order valence-electron chi connectivity index (χ0n) is 16.9. The number of carbonyl (C=O) groups is 1. The lowest BCUT2D eigenvalue weighted by Crippen LogP contribution is -2.15. The molecular weight excluding hydrogens is 414 g/mol. The van der Waals surface area contributed by atoms with Crippen molar-refractivity contribution < 1.29 is 18.3 Å². The molecule has 1 amide bonds. The fourth-order valence-electron chi connectivity index (χ4n) is 2.75. The first-order chi connectivity index (χ1) is 14.5. The minimum absolute atomic E-state index is 0.0124. The van der Waals surface area contributed by atoms with Gasteiger partial charge in [-0.1, -0.05) is 11.8 Å². The van der Waals surface area contributed by atoms with Crippen molar-refractivity contribution in [1.82, 2.24) is 24.5 Å². The van der Waals surface area contributed by atoms with E-state index in [0.717, 1.165) is 17.7 Å². The molecule has 1 N–H and O–H groups in total. The summed E-state index contributed by atoms with van der Waals surface area (Å²) >= 11 is 1.17. The topological polar surface area (TPSA) is 86.9 Å². The number of halogens is 2. The average molecular weight is 436 g/mol. The van der Waals surface area contributed by atoms with E-state index in [0.29, 0.717) is 36.6 Å². The molecule has 0 fully saturated rings. The van der Waals surface area contributed by atoms with E-state index in [9.17, 15) is 13.6 Å². The van der Waals surface area contributed by atoms with Crippen LogP contribution in [0.3, 0.4) is 0 Å². The van der Waals surface area contributed by atoms with Gasteiger partial charge in [0.15, 0.2) is 11.0 Å². The van der Waals surface area contributed by atoms with E-state index in [1.165, 1.54) is 17.8 Å². The number of hydrogen-bond donors (Lipinski definition) is 1. The highest BCUT2D eigenvalue weighted by Gasteiger charge is 2.21. The van der Waals surface area contributed by atoms with E-state index in [4.69, 9.17) is 4.74 Å². The molecule has 30 heavy (non-hydrogen) atoms. The second-order valence-electron chi connectivity index (χ2n) is 6.15. The number of aryl methyl sites for hydroxylation is 1. The monoisotopic (exact) mass is 436 g/mol. The highest BCUT2D eigenvalue weighted by Crippen LogP contribution is 2.30. The van der Waals surface area contributed by atoms with Crippen LogP contribution >= 0.6 is 11.8 Å². The predicted octanol–water partition coefficient (Wildman–Crippen LogP) is 3.59. The van der Waals surface area contributed by atoms with Crippen LogP contribution in [0.1, 0.15) is 20.8 Å². The fourth-order valence-corrected chi connectivity index (χ4v) is 3.55. The molecule has 160 valence electrons. The van der Waals surface area contributed by atoms with E-state index in [-0.39, 0.29) is 11.4 Å². The molecule has 0 spiro atoms. The Morgan fingerprint density at radius 2 is 2.00 bits per heavy atom. The van der Waals surface area contributed by atoms with Crippen LogP contribution in [0.2, 0.25) is 0 Å². The zero-order valence-corrected chi connectivity index (χ0v) is 17.7. The van der Waals surface area contributed by atoms with E-state index >= 15 is 0 Å². The summed E-state index contributed by atoms with van der Waals surface area (Å²) in [6.45, 7) is 7.51. The molecule has 3 rings (SSSR count). The van der Waals surface area contributed by atoms with Crippen molar-refractivity contribution in [1.29, 1.82) is 0 Å². The first-order valence-electron chi connectivity index (χ1n) is 9.48. The summed E-state index contributed by atoms with van der Waals surface area (Å²) in [4.78, 5) is 12.2. The van der Waals surface area contributed by atoms with Gasteiger partial charge in [-0.05, 0) is 32.9 Å². The van der Waals surface area contributed by atoms with Gasteiger partial charge in [0, 0.05) is 25.4 Å². The Morgan fingerprint density at radius 3 is 2.67 bits per heavy atom. The smallest absolute Gasteiger partial charge is 0.243 e. The van der Waals surface area contributed by atoms with Crippen LogP contribution in [0.15, 0.2) is 29.6 Å². The largest absolute Gasteiger partial charge is 0.476 e. The van der Waals surface area contributed by atoms with Crippen LogP contribution in [0, 0.1) is 11.6 Å². The van der Waals surface area contributed by atoms with Crippen molar-refractivity contribution in [2.45, 2.75) is 39.0 Å². The van der Waals surface area contributed by atoms with Crippen LogP contribution in [-0.4, -0.2) is 42.8 Å². The molecule has 8 nitrogen and oxygen atoms in total. The maximum Gasteiger partial charge on any atom is 0.243 e. The average Bonchev–Trinajstić information content (AvgIpc) is 3.32. The summed E-state index contributed by atoms with van der Waals surface area (Å²) in [6, 6.07) is 2.98. The maximum absolute atomic E-state index is 13.7. The Hall–Kier alpha value is -2.95. The van der Waals surface area contributed by atoms with Crippen molar-refractivity contribution in [2.75, 3.05) is 17.7 Å². The number of nitrogens with zero attached hydrogens (tertiary/aromatic N) is 5. The number of ether oxygens (including phenoxy) is 1. The van der Waals surface area contributed by atoms with Gasteiger partial charge in [0.1, 0.15) is 17.2 Å². The number of hydrogen-bond acceptors (Lipinski definition) is 6. The summed E-state index contributed by atoms with van der Waals surface area (Å²) in [5, 5.41) is 15.8. The minimum Gasteiger partial charge on any atom is -0.476 e. The molecule has 0 saturated carbocycles. The van der Waals surface area contributed by atoms with Crippen LogP contribution in [0.5, 0.6) is 5.88 Å². The minimum atomic E-state index is -0.830. The number of aromatic nitrogens is 5. The third-order valence-electron chi connectivity index (χ3n) is 4.14. The number of carbonyl (C=O) groups excluding carboxylic acids is 1. The second-order valence-corrected chi connectivity index (χ2v) is 7.09. The number of rotatable bonds is 9. The predicted molar refractivity (Wildman–Crippen MR) is 109 cm³/mol. The summed E-state index contributed by atoms with van der Waals surface area (Å²) in [5.41, 5.74) is 0.644. The summed E-state index contributed by atoms with van der Waals surface area (Å²) in [6.07, 6.45) is 1.85. The highest BCUT2D eigenvalue weighted by atomic mass is 32.2. The first-order valence-corrected chi connectivity index (χ1v) is 10.5. The van der Waals surface area contributed by atoms with Gasteiger partial charge >= 0.3 is 0 Å². The molecule has 1 aromatic carbocycles. The lowest BCUT2D eigenvalue weighted by atomic mass is 10.3. The molecule has 3 aromatic rings. The molecule has 0 saturated heterocycles. The van der Waals surface area contributed by atoms with Gasteiger partial charge in [-0.15, -0.1) is 15.3 Å². The molecule has 0 aliphatic rings. The number of thioether (sulfide) groups is 1. The normalized spacial score (nSPS) is 11.0. The third kappa shape index (κ3) is 4.78. The van der Waals surface area contributed by atoms with Gasteiger partial charge in [0.25, 0.3) is 0 Å². The van der Waals surface area contributed by atoms with Crippen molar-refractivity contribution in [3.63, 3.8) is 0 Å². The third-order valence-corrected chi connectivity index (χ3v) is 5.11. The standard InChI is InChI=1S/C19H22F2N6O2S/c1-4-26-10-13(18(25-26)29-6-3)17-23-24-19(27(17)5-2)30-11-16(28)22-15-8-7-12(20)9-14(15)21/h7-10H,4-6,11H2,1-3H3,(H,22,28). The Morgan fingerprint density at radius 1 is 1.20 bits per heavy atom. The second kappa shape index (κ2) is 9.70. The molecule has 0 unspecified atom stereocenters. The molecule has 2 heterocycles. The van der Waals surface area contributed by atoms with Crippen LogP contribution in [0.4, 0.5) is 14.5 Å². The number of nitrogens with one attached hydrogen (secondary N) is 1. The summed E-state index contributed by atoms with van der Waals surface area (Å²) < 4.78 is 35.9. The van der Waals surface area contributed by atoms with Crippen molar-refractivity contribution in [2.24, 2.45) is 0 Å². The van der Waals surface area contributed by atoms with E-state index in [2.05, 4.69) is 20.6 Å². The Balaban J connectivity index is 1.75. The lowest BCUT2D eigenvalue weighted by molar-refractivity contribution is -0.113. The number of anilines is 1. The van der Waals surface area contributed by atoms with E-state index in [1.54, 1.807) is 4.68 Å². The van der Waals surface area contributed by atoms with Gasteiger partial charge in [0.05, 0.1) is 18.0 Å². The quantitative estimate of drug-likeness (QED) is 0.516. The molecule has 0 radical (unpaired) electrons. The van der Waals surface area contributed by atoms with Crippen molar-refractivity contribution >= 4 is 23.4 Å². The Labute approximate surface area is 176 Å². The van der Waals surface area contributed by atoms with E-state index < -0.39 is 17.5 Å². The van der Waals surface area contributed by atoms with Crippen LogP contribution < -0.4 is 10.1 Å². The summed E-state index contributed by atoms with van der Waals surface area (Å²) in [5.74, 6) is -0.922. The number of amides is 1. The van der Waals surface area contributed by atoms with Gasteiger partial charge in [-0.2, -0.15) is 0 Å². The maximum atomic E-state index is 13.7. The molecule has 0 aliphatic carbocycles. The van der Waals surface area contributed by atoms with E-state index in [1.807, 2.05) is 31.5 Å². The first kappa shape index (κ1) is 21.8. The van der Waals surface area contributed by atoms with Crippen LogP contribution in [-0.2, 0) is 17.9 Å². The molecule has 0 aliphatic heterocycles. The van der Waals surface area contributed by atoms with Crippen LogP contribution in [0.25, 0.3) is 11.4 Å². The van der Waals surface area contributed by atoms with Gasteiger partial charge in [0.2, 0.25) is 11.8 Å². The highest BCUT2D eigenvalue weighted by molar-refractivity contribution is 7.99. The Kier molecular flexibility index (Phi) is 7.03. The SMILES string of the molecule is CCOc1nn(CC)cc1-c1nnc(SCC(=O)Nc2ccc(F)cc2F)n1CC. The zero-order chi connectivity index (χ0) is 21.7. The summed E-state index contributed by atoms with van der Waals surface area (Å²) in [7, 11) is 0. The van der Waals surface area contributed by atoms with Gasteiger partial charge < -0.3 is 14.6 Å². The Bertz CT molecular complexity index is 1040. The molecule has 11 heteroatoms.